The van der Waals surface area contributed by atoms with Gasteiger partial charge in [0.25, 0.3) is 5.91 Å². The maximum Gasteiger partial charge on any atom is 0.266 e. The van der Waals surface area contributed by atoms with E-state index in [9.17, 15) is 9.59 Å². The van der Waals surface area contributed by atoms with Gasteiger partial charge in [-0.25, -0.2) is 4.98 Å². The number of hydrogen-bond acceptors (Lipinski definition) is 5. The Morgan fingerprint density at radius 2 is 1.85 bits per heavy atom. The Morgan fingerprint density at radius 3 is 2.54 bits per heavy atom. The fraction of sp³-hybridized carbons (Fsp3) is 0.316. The number of nitrogens with one attached hydrogen (secondary N) is 2. The van der Waals surface area contributed by atoms with Crippen molar-refractivity contribution in [1.29, 1.82) is 0 Å². The van der Waals surface area contributed by atoms with Crippen LogP contribution in [0.1, 0.15) is 41.9 Å². The molecule has 3 aromatic rings. The number of oxazole rings is 1. The number of hydrogen-bond donors (Lipinski definition) is 2. The highest BCUT2D eigenvalue weighted by Gasteiger charge is 2.23. The van der Waals surface area contributed by atoms with Crippen LogP contribution < -0.4 is 10.6 Å². The summed E-state index contributed by atoms with van der Waals surface area (Å²) in [6.45, 7) is 9.16. The number of aryl methyl sites for hydroxylation is 2. The van der Waals surface area contributed by atoms with E-state index in [4.69, 9.17) is 4.42 Å². The molecule has 0 bridgehead atoms. The molecule has 26 heavy (non-hydrogen) atoms. The third-order valence-electron chi connectivity index (χ3n) is 3.79. The Hall–Kier alpha value is -2.67. The number of carbonyl (C=O) groups is 2. The van der Waals surface area contributed by atoms with Crippen molar-refractivity contribution in [3.8, 4) is 0 Å². The van der Waals surface area contributed by atoms with Crippen LogP contribution >= 0.6 is 11.3 Å². The Balaban J connectivity index is 1.77. The summed E-state index contributed by atoms with van der Waals surface area (Å²) in [5, 5.41) is 6.40. The molecule has 0 saturated heterocycles. The Morgan fingerprint density at radius 1 is 1.12 bits per heavy atom. The van der Waals surface area contributed by atoms with Gasteiger partial charge in [-0.2, -0.15) is 0 Å². The van der Waals surface area contributed by atoms with Crippen molar-refractivity contribution in [2.75, 3.05) is 10.6 Å². The van der Waals surface area contributed by atoms with Crippen molar-refractivity contribution in [2.24, 2.45) is 5.41 Å². The summed E-state index contributed by atoms with van der Waals surface area (Å²) in [6.07, 6.45) is 0. The molecule has 2 aromatic heterocycles. The van der Waals surface area contributed by atoms with Crippen molar-refractivity contribution < 1.29 is 14.0 Å². The smallest absolute Gasteiger partial charge is 0.266 e. The maximum absolute atomic E-state index is 12.6. The molecule has 0 atom stereocenters. The van der Waals surface area contributed by atoms with E-state index in [1.165, 1.54) is 11.3 Å². The summed E-state index contributed by atoms with van der Waals surface area (Å²) < 4.78 is 5.44. The average Bonchev–Trinajstić information content (AvgIpc) is 3.07. The van der Waals surface area contributed by atoms with Crippen molar-refractivity contribution in [3.63, 3.8) is 0 Å². The highest BCUT2D eigenvalue weighted by molar-refractivity contribution is 7.18. The molecule has 0 aliphatic rings. The number of thiophene rings is 1. The monoisotopic (exact) mass is 371 g/mol. The first-order valence-electron chi connectivity index (χ1n) is 8.24. The van der Waals surface area contributed by atoms with Crippen molar-refractivity contribution >= 4 is 44.9 Å². The zero-order valence-corrected chi connectivity index (χ0v) is 16.2. The minimum Gasteiger partial charge on any atom is -0.441 e. The first kappa shape index (κ1) is 18.1. The Labute approximate surface area is 155 Å². The van der Waals surface area contributed by atoms with Crippen LogP contribution in [0.4, 0.5) is 10.7 Å². The number of aromatic nitrogens is 1. The number of benzene rings is 1. The van der Waals surface area contributed by atoms with Crippen LogP contribution in [0.15, 0.2) is 28.7 Å². The molecule has 0 saturated carbocycles. The molecular formula is C19H21N3O3S. The molecule has 1 aromatic carbocycles. The first-order chi connectivity index (χ1) is 12.1. The van der Waals surface area contributed by atoms with Crippen LogP contribution in [-0.4, -0.2) is 16.8 Å². The molecule has 0 fully saturated rings. The summed E-state index contributed by atoms with van der Waals surface area (Å²) in [7, 11) is 0. The topological polar surface area (TPSA) is 84.2 Å². The quantitative estimate of drug-likeness (QED) is 0.696. The van der Waals surface area contributed by atoms with Crippen molar-refractivity contribution in [1.82, 2.24) is 4.98 Å². The van der Waals surface area contributed by atoms with Gasteiger partial charge in [-0.3, -0.25) is 9.59 Å². The van der Waals surface area contributed by atoms with Gasteiger partial charge in [-0.05, 0) is 36.8 Å². The molecule has 2 N–H and O–H groups in total. The average molecular weight is 371 g/mol. The summed E-state index contributed by atoms with van der Waals surface area (Å²) in [4.78, 5) is 29.6. The van der Waals surface area contributed by atoms with E-state index < -0.39 is 5.41 Å². The molecule has 0 radical (unpaired) electrons. The van der Waals surface area contributed by atoms with E-state index in [1.54, 1.807) is 25.1 Å². The van der Waals surface area contributed by atoms with Crippen LogP contribution in [0.3, 0.4) is 0 Å². The molecule has 0 aliphatic heterocycles. The fourth-order valence-corrected chi connectivity index (χ4v) is 3.34. The van der Waals surface area contributed by atoms with E-state index in [1.807, 2.05) is 33.8 Å². The fourth-order valence-electron chi connectivity index (χ4n) is 2.38. The Kier molecular flexibility index (Phi) is 4.58. The van der Waals surface area contributed by atoms with Gasteiger partial charge in [0.15, 0.2) is 11.5 Å². The van der Waals surface area contributed by atoms with Crippen LogP contribution in [0.25, 0.3) is 11.1 Å². The van der Waals surface area contributed by atoms with Crippen LogP contribution in [-0.2, 0) is 4.79 Å². The minimum atomic E-state index is -0.495. The SMILES string of the molecule is Cc1nc2cc(NC(=O)c3sc(NC(=O)C(C)(C)C)cc3C)ccc2o1. The van der Waals surface area contributed by atoms with Gasteiger partial charge in [0.1, 0.15) is 5.52 Å². The van der Waals surface area contributed by atoms with Crippen molar-refractivity contribution in [3.05, 3.63) is 40.6 Å². The van der Waals surface area contributed by atoms with Crippen LogP contribution in [0.2, 0.25) is 0 Å². The van der Waals surface area contributed by atoms with Gasteiger partial charge < -0.3 is 15.1 Å². The second-order valence-corrected chi connectivity index (χ2v) is 8.25. The van der Waals surface area contributed by atoms with E-state index in [0.717, 1.165) is 5.56 Å². The van der Waals surface area contributed by atoms with Crippen LogP contribution in [0, 0.1) is 19.3 Å². The maximum atomic E-state index is 12.6. The van der Waals surface area contributed by atoms with E-state index in [-0.39, 0.29) is 11.8 Å². The molecule has 0 spiro atoms. The summed E-state index contributed by atoms with van der Waals surface area (Å²) in [6, 6.07) is 7.14. The van der Waals surface area contributed by atoms with E-state index >= 15 is 0 Å². The third-order valence-corrected chi connectivity index (χ3v) is 4.95. The van der Waals surface area contributed by atoms with Gasteiger partial charge in [0.05, 0.1) is 9.88 Å². The largest absolute Gasteiger partial charge is 0.441 e. The molecule has 2 amide bonds. The van der Waals surface area contributed by atoms with Crippen LogP contribution in [0.5, 0.6) is 0 Å². The van der Waals surface area contributed by atoms with Gasteiger partial charge in [0, 0.05) is 18.0 Å². The lowest BCUT2D eigenvalue weighted by molar-refractivity contribution is -0.123. The van der Waals surface area contributed by atoms with Gasteiger partial charge in [-0.1, -0.05) is 20.8 Å². The van der Waals surface area contributed by atoms with E-state index in [0.29, 0.717) is 32.6 Å². The van der Waals surface area contributed by atoms with E-state index in [2.05, 4.69) is 15.6 Å². The molecule has 0 unspecified atom stereocenters. The Bertz CT molecular complexity index is 995. The van der Waals surface area contributed by atoms with Crippen molar-refractivity contribution in [2.45, 2.75) is 34.6 Å². The predicted octanol–water partition coefficient (Wildman–Crippen LogP) is 4.74. The second-order valence-electron chi connectivity index (χ2n) is 7.20. The number of carbonyl (C=O) groups excluding carboxylic acids is 2. The number of nitrogens with zero attached hydrogens (tertiary/aromatic N) is 1. The molecule has 136 valence electrons. The molecule has 3 rings (SSSR count). The lowest BCUT2D eigenvalue weighted by Gasteiger charge is -2.16. The lowest BCUT2D eigenvalue weighted by atomic mass is 9.96. The minimum absolute atomic E-state index is 0.0856. The molecule has 0 aliphatic carbocycles. The zero-order chi connectivity index (χ0) is 19.1. The number of anilines is 2. The van der Waals surface area contributed by atoms with Gasteiger partial charge in [-0.15, -0.1) is 11.3 Å². The summed E-state index contributed by atoms with van der Waals surface area (Å²) in [5.41, 5.74) is 2.34. The zero-order valence-electron chi connectivity index (χ0n) is 15.4. The first-order valence-corrected chi connectivity index (χ1v) is 9.05. The highest BCUT2D eigenvalue weighted by atomic mass is 32.1. The number of rotatable bonds is 3. The highest BCUT2D eigenvalue weighted by Crippen LogP contribution is 2.29. The third kappa shape index (κ3) is 3.77. The summed E-state index contributed by atoms with van der Waals surface area (Å²) in [5.74, 6) is 0.276. The molecular weight excluding hydrogens is 350 g/mol. The molecule has 7 heteroatoms. The van der Waals surface area contributed by atoms with Gasteiger partial charge >= 0.3 is 0 Å². The number of amides is 2. The normalized spacial score (nSPS) is 11.6. The molecule has 2 heterocycles. The predicted molar refractivity (Wildman–Crippen MR) is 104 cm³/mol. The van der Waals surface area contributed by atoms with Gasteiger partial charge in [0.2, 0.25) is 5.91 Å². The molecule has 6 nitrogen and oxygen atoms in total. The number of fused-ring (bicyclic) bond motifs is 1. The lowest BCUT2D eigenvalue weighted by Crippen LogP contribution is -2.27. The standard InChI is InChI=1S/C19H21N3O3S/c1-10-8-15(22-18(24)19(3,4)5)26-16(10)17(23)21-12-6-7-14-13(9-12)20-11(2)25-14/h6-9H,1-5H3,(H,21,23)(H,22,24). The second kappa shape index (κ2) is 6.57. The summed E-state index contributed by atoms with van der Waals surface area (Å²) >= 11 is 1.26.